The van der Waals surface area contributed by atoms with Crippen LogP contribution in [0.1, 0.15) is 55.1 Å². The van der Waals surface area contributed by atoms with Crippen molar-refractivity contribution in [1.29, 1.82) is 5.41 Å². The predicted molar refractivity (Wildman–Crippen MR) is 153 cm³/mol. The van der Waals surface area contributed by atoms with Crippen molar-refractivity contribution in [2.75, 3.05) is 12.4 Å². The molecule has 1 amide bonds. The van der Waals surface area contributed by atoms with E-state index in [1.165, 1.54) is 28.9 Å². The molecule has 2 N–H and O–H groups in total. The highest BCUT2D eigenvalue weighted by Gasteiger charge is 2.28. The van der Waals surface area contributed by atoms with Crippen molar-refractivity contribution in [1.82, 2.24) is 14.0 Å². The van der Waals surface area contributed by atoms with E-state index in [-0.39, 0.29) is 28.5 Å². The number of nitrogens with zero attached hydrogens (tertiary/aromatic N) is 3. The van der Waals surface area contributed by atoms with E-state index < -0.39 is 11.9 Å². The zero-order valence-corrected chi connectivity index (χ0v) is 22.9. The number of anilines is 1. The second-order valence-corrected chi connectivity index (χ2v) is 11.0. The van der Waals surface area contributed by atoms with Crippen LogP contribution in [0.5, 0.6) is 0 Å². The lowest BCUT2D eigenvalue weighted by Crippen LogP contribution is -2.32. The summed E-state index contributed by atoms with van der Waals surface area (Å²) in [6.07, 6.45) is 5.20. The number of rotatable bonds is 5. The summed E-state index contributed by atoms with van der Waals surface area (Å²) in [6, 6.07) is 14.5. The van der Waals surface area contributed by atoms with Crippen molar-refractivity contribution in [3.05, 3.63) is 103 Å². The van der Waals surface area contributed by atoms with Crippen LogP contribution in [0.3, 0.4) is 0 Å². The Morgan fingerprint density at radius 2 is 1.90 bits per heavy atom. The van der Waals surface area contributed by atoms with Gasteiger partial charge in [-0.25, -0.2) is 9.78 Å². The monoisotopic (exact) mass is 553 g/mol. The van der Waals surface area contributed by atoms with E-state index in [0.717, 1.165) is 47.3 Å². The molecule has 10 heteroatoms. The highest BCUT2D eigenvalue weighted by atomic mass is 32.1. The highest BCUT2D eigenvalue weighted by Crippen LogP contribution is 2.38. The smallest absolute Gasteiger partial charge is 0.341 e. The molecule has 6 rings (SSSR count). The Labute approximate surface area is 233 Å². The number of carbonyl (C=O) groups excluding carboxylic acids is 2. The minimum Gasteiger partial charge on any atom is -0.465 e. The van der Waals surface area contributed by atoms with E-state index in [1.807, 2.05) is 31.2 Å². The minimum absolute atomic E-state index is 0.0107. The maximum absolute atomic E-state index is 13.8. The summed E-state index contributed by atoms with van der Waals surface area (Å²) < 4.78 is 8.05. The number of fused-ring (bicyclic) bond motifs is 3. The third-order valence-corrected chi connectivity index (χ3v) is 8.52. The summed E-state index contributed by atoms with van der Waals surface area (Å²) in [5.74, 6) is -1.08. The fourth-order valence-electron chi connectivity index (χ4n) is 5.23. The average molecular weight is 554 g/mol. The van der Waals surface area contributed by atoms with Gasteiger partial charge in [0, 0.05) is 11.1 Å². The van der Waals surface area contributed by atoms with Crippen molar-refractivity contribution < 1.29 is 14.3 Å². The van der Waals surface area contributed by atoms with Crippen molar-refractivity contribution in [3.8, 4) is 0 Å². The summed E-state index contributed by atoms with van der Waals surface area (Å²) in [4.78, 5) is 45.8. The lowest BCUT2D eigenvalue weighted by molar-refractivity contribution is 0.0601. The number of thiophene rings is 1. The molecule has 4 aromatic heterocycles. The number of ether oxygens (including phenoxy) is 1. The number of carbonyl (C=O) groups is 2. The number of methoxy groups -OCH3 is 1. The molecule has 0 spiro atoms. The fraction of sp³-hybridized carbons (Fsp3) is 0.233. The van der Waals surface area contributed by atoms with Gasteiger partial charge in [0.1, 0.15) is 21.8 Å². The largest absolute Gasteiger partial charge is 0.465 e. The summed E-state index contributed by atoms with van der Waals surface area (Å²) in [7, 11) is 1.32. The van der Waals surface area contributed by atoms with Crippen LogP contribution in [0, 0.1) is 12.3 Å². The maximum atomic E-state index is 13.8. The van der Waals surface area contributed by atoms with Crippen LogP contribution in [0.25, 0.3) is 16.7 Å². The van der Waals surface area contributed by atoms with Crippen LogP contribution < -0.4 is 16.4 Å². The van der Waals surface area contributed by atoms with Gasteiger partial charge in [-0.2, -0.15) is 0 Å². The van der Waals surface area contributed by atoms with Crippen molar-refractivity contribution in [2.24, 2.45) is 0 Å². The summed E-state index contributed by atoms with van der Waals surface area (Å²) in [5, 5.41) is 12.6. The van der Waals surface area contributed by atoms with Crippen LogP contribution in [0.4, 0.5) is 5.00 Å². The number of aromatic nitrogens is 3. The molecule has 1 aliphatic rings. The molecule has 202 valence electrons. The lowest BCUT2D eigenvalue weighted by Gasteiger charge is -2.15. The fourth-order valence-corrected chi connectivity index (χ4v) is 6.51. The Morgan fingerprint density at radius 3 is 2.67 bits per heavy atom. The van der Waals surface area contributed by atoms with E-state index in [0.29, 0.717) is 21.9 Å². The average Bonchev–Trinajstić information content (AvgIpc) is 3.33. The van der Waals surface area contributed by atoms with Crippen LogP contribution in [0.15, 0.2) is 59.5 Å². The van der Waals surface area contributed by atoms with Crippen molar-refractivity contribution in [2.45, 2.75) is 39.2 Å². The molecular formula is C30H27N5O4S. The van der Waals surface area contributed by atoms with Crippen molar-refractivity contribution >= 4 is 44.9 Å². The molecule has 5 aromatic rings. The number of nitrogens with one attached hydrogen (secondary N) is 2. The van der Waals surface area contributed by atoms with Gasteiger partial charge in [-0.3, -0.25) is 19.4 Å². The Morgan fingerprint density at radius 1 is 1.12 bits per heavy atom. The first-order chi connectivity index (χ1) is 19.4. The molecule has 0 saturated carbocycles. The Balaban J connectivity index is 1.52. The number of esters is 1. The van der Waals surface area contributed by atoms with Gasteiger partial charge in [0.15, 0.2) is 0 Å². The van der Waals surface area contributed by atoms with Gasteiger partial charge in [0.25, 0.3) is 11.5 Å². The molecule has 0 unspecified atom stereocenters. The molecule has 40 heavy (non-hydrogen) atoms. The van der Waals surface area contributed by atoms with Crippen LogP contribution in [-0.4, -0.2) is 32.9 Å². The maximum Gasteiger partial charge on any atom is 0.341 e. The first-order valence-corrected chi connectivity index (χ1v) is 13.9. The number of hydrogen-bond acceptors (Lipinski definition) is 7. The second kappa shape index (κ2) is 10.2. The number of benzene rings is 1. The summed E-state index contributed by atoms with van der Waals surface area (Å²) >= 11 is 1.37. The molecular weight excluding hydrogens is 526 g/mol. The first-order valence-electron chi connectivity index (χ1n) is 13.0. The van der Waals surface area contributed by atoms with Gasteiger partial charge in [0.2, 0.25) is 0 Å². The highest BCUT2D eigenvalue weighted by molar-refractivity contribution is 7.17. The molecule has 0 radical (unpaired) electrons. The molecule has 0 fully saturated rings. The molecule has 0 aliphatic heterocycles. The lowest BCUT2D eigenvalue weighted by atomic mass is 9.95. The predicted octanol–water partition coefficient (Wildman–Crippen LogP) is 4.46. The molecule has 4 heterocycles. The molecule has 1 aliphatic carbocycles. The van der Waals surface area contributed by atoms with Gasteiger partial charge >= 0.3 is 5.97 Å². The summed E-state index contributed by atoms with van der Waals surface area (Å²) in [6.45, 7) is 2.24. The molecule has 0 atom stereocenters. The number of aryl methyl sites for hydroxylation is 2. The molecule has 0 bridgehead atoms. The third kappa shape index (κ3) is 4.40. The molecule has 0 saturated heterocycles. The zero-order chi connectivity index (χ0) is 28.0. The normalized spacial score (nSPS) is 12.8. The number of hydrogen-bond donors (Lipinski definition) is 2. The van der Waals surface area contributed by atoms with E-state index >= 15 is 0 Å². The van der Waals surface area contributed by atoms with Crippen molar-refractivity contribution in [3.63, 3.8) is 0 Å². The summed E-state index contributed by atoms with van der Waals surface area (Å²) in [5.41, 5.74) is 3.65. The quantitative estimate of drug-likeness (QED) is 0.246. The second-order valence-electron chi connectivity index (χ2n) is 9.92. The minimum atomic E-state index is -0.578. The first kappa shape index (κ1) is 25.7. The Hall–Kier alpha value is -4.57. The van der Waals surface area contributed by atoms with Gasteiger partial charge < -0.3 is 14.6 Å². The van der Waals surface area contributed by atoms with E-state index in [9.17, 15) is 14.4 Å². The van der Waals surface area contributed by atoms with Crippen LogP contribution in [-0.2, 0) is 24.1 Å². The third-order valence-electron chi connectivity index (χ3n) is 7.31. The topological polar surface area (TPSA) is 119 Å². The van der Waals surface area contributed by atoms with E-state index in [4.69, 9.17) is 15.1 Å². The van der Waals surface area contributed by atoms with E-state index in [2.05, 4.69) is 5.32 Å². The van der Waals surface area contributed by atoms with Gasteiger partial charge in [-0.15, -0.1) is 11.3 Å². The van der Waals surface area contributed by atoms with Gasteiger partial charge in [-0.05, 0) is 61.9 Å². The van der Waals surface area contributed by atoms with Gasteiger partial charge in [-0.1, -0.05) is 35.9 Å². The Bertz CT molecular complexity index is 1940. The molecule has 9 nitrogen and oxygen atoms in total. The zero-order valence-electron chi connectivity index (χ0n) is 22.1. The van der Waals surface area contributed by atoms with Gasteiger partial charge in [0.05, 0.1) is 30.2 Å². The van der Waals surface area contributed by atoms with Crippen LogP contribution >= 0.6 is 11.3 Å². The van der Waals surface area contributed by atoms with E-state index in [1.54, 1.807) is 29.0 Å². The molecule has 1 aromatic carbocycles. The standard InChI is InChI=1S/C30H27N5O4S/c1-17-10-12-18(13-11-17)16-35-25(31)20(15-21-26(35)32-23-9-5-6-14-34(23)29(21)37)27(36)33-28-24(30(38)39-2)19-7-3-4-8-22(19)40-28/h5-6,9-15,31H,3-4,7-8,16H2,1-2H3,(H,33,36). The number of pyridine rings is 2. The Kier molecular flexibility index (Phi) is 6.55. The SMILES string of the molecule is COC(=O)c1c(NC(=O)c2cc3c(=O)n4ccccc4nc3n(Cc3ccc(C)cc3)c2=N)sc2c1CCCC2. The van der Waals surface area contributed by atoms with Crippen LogP contribution in [0.2, 0.25) is 0 Å². The number of amides is 1.